The van der Waals surface area contributed by atoms with Crippen molar-refractivity contribution in [3.05, 3.63) is 35.4 Å². The number of hydrogen-bond donors (Lipinski definition) is 3. The maximum absolute atomic E-state index is 12.4. The van der Waals surface area contributed by atoms with Crippen molar-refractivity contribution in [1.29, 1.82) is 0 Å². The molecule has 2 rings (SSSR count). The van der Waals surface area contributed by atoms with Crippen LogP contribution in [0.1, 0.15) is 37.4 Å². The van der Waals surface area contributed by atoms with Gasteiger partial charge in [-0.1, -0.05) is 38.1 Å². The Balaban J connectivity index is 2.12. The molecule has 5 nitrogen and oxygen atoms in total. The maximum Gasteiger partial charge on any atom is 0.326 e. The second-order valence-electron chi connectivity index (χ2n) is 5.86. The van der Waals surface area contributed by atoms with E-state index in [-0.39, 0.29) is 11.8 Å². The summed E-state index contributed by atoms with van der Waals surface area (Å²) in [7, 11) is 0. The molecule has 1 unspecified atom stereocenters. The molecule has 5 heteroatoms. The van der Waals surface area contributed by atoms with E-state index in [2.05, 4.69) is 10.6 Å². The predicted molar refractivity (Wildman–Crippen MR) is 79.9 cm³/mol. The lowest BCUT2D eigenvalue weighted by molar-refractivity contribution is -0.142. The molecular formula is C16H22N2O3. The molecule has 1 heterocycles. The van der Waals surface area contributed by atoms with Gasteiger partial charge in [0.25, 0.3) is 0 Å². The second kappa shape index (κ2) is 6.72. The third-order valence-electron chi connectivity index (χ3n) is 3.69. The van der Waals surface area contributed by atoms with E-state index in [4.69, 9.17) is 0 Å². The van der Waals surface area contributed by atoms with Crippen LogP contribution in [0.4, 0.5) is 0 Å². The lowest BCUT2D eigenvalue weighted by Gasteiger charge is -2.27. The molecule has 0 aliphatic carbocycles. The number of amides is 1. The van der Waals surface area contributed by atoms with Crippen LogP contribution in [0.25, 0.3) is 0 Å². The first-order valence-corrected chi connectivity index (χ1v) is 7.33. The van der Waals surface area contributed by atoms with Crippen LogP contribution in [-0.2, 0) is 16.0 Å². The van der Waals surface area contributed by atoms with E-state index in [1.165, 1.54) is 0 Å². The normalized spacial score (nSPS) is 18.9. The molecule has 0 radical (unpaired) electrons. The molecule has 0 saturated carbocycles. The Morgan fingerprint density at radius 2 is 2.10 bits per heavy atom. The molecule has 0 aromatic heterocycles. The summed E-state index contributed by atoms with van der Waals surface area (Å²) in [5.41, 5.74) is 2.09. The number of hydrogen-bond acceptors (Lipinski definition) is 3. The minimum atomic E-state index is -0.985. The van der Waals surface area contributed by atoms with E-state index >= 15 is 0 Å². The molecule has 0 fully saturated rings. The van der Waals surface area contributed by atoms with Crippen molar-refractivity contribution >= 4 is 11.9 Å². The monoisotopic (exact) mass is 290 g/mol. The summed E-state index contributed by atoms with van der Waals surface area (Å²) in [6, 6.07) is 6.48. The van der Waals surface area contributed by atoms with Crippen molar-refractivity contribution in [1.82, 2.24) is 10.6 Å². The number of carbonyl (C=O) groups excluding carboxylic acids is 1. The van der Waals surface area contributed by atoms with Gasteiger partial charge in [0.05, 0.1) is 0 Å². The average molecular weight is 290 g/mol. The molecule has 2 atom stereocenters. The van der Waals surface area contributed by atoms with E-state index in [0.717, 1.165) is 24.1 Å². The van der Waals surface area contributed by atoms with Gasteiger partial charge in [-0.05, 0) is 29.9 Å². The number of carboxylic acids is 1. The zero-order valence-electron chi connectivity index (χ0n) is 12.4. The van der Waals surface area contributed by atoms with Gasteiger partial charge in [0, 0.05) is 6.54 Å². The molecule has 1 aliphatic heterocycles. The third kappa shape index (κ3) is 3.82. The number of aliphatic carboxylic acids is 1. The Kier molecular flexibility index (Phi) is 4.96. The van der Waals surface area contributed by atoms with Crippen molar-refractivity contribution < 1.29 is 14.7 Å². The number of nitrogens with one attached hydrogen (secondary N) is 2. The van der Waals surface area contributed by atoms with Crippen LogP contribution in [0.3, 0.4) is 0 Å². The minimum Gasteiger partial charge on any atom is -0.480 e. The zero-order valence-corrected chi connectivity index (χ0v) is 12.4. The number of carboxylic acid groups (broad SMARTS) is 1. The molecule has 0 bridgehead atoms. The van der Waals surface area contributed by atoms with Crippen LogP contribution < -0.4 is 10.6 Å². The second-order valence-corrected chi connectivity index (χ2v) is 5.86. The molecule has 0 spiro atoms. The average Bonchev–Trinajstić information content (AvgIpc) is 2.45. The van der Waals surface area contributed by atoms with Gasteiger partial charge in [0.1, 0.15) is 12.1 Å². The number of fused-ring (bicyclic) bond motifs is 1. The van der Waals surface area contributed by atoms with Gasteiger partial charge in [-0.2, -0.15) is 0 Å². The highest BCUT2D eigenvalue weighted by molar-refractivity contribution is 5.88. The Morgan fingerprint density at radius 1 is 1.38 bits per heavy atom. The maximum atomic E-state index is 12.4. The summed E-state index contributed by atoms with van der Waals surface area (Å²) < 4.78 is 0. The van der Waals surface area contributed by atoms with Crippen molar-refractivity contribution in [3.8, 4) is 0 Å². The summed E-state index contributed by atoms with van der Waals surface area (Å²) in [5, 5.41) is 15.1. The summed E-state index contributed by atoms with van der Waals surface area (Å²) >= 11 is 0. The van der Waals surface area contributed by atoms with Crippen LogP contribution in [0.5, 0.6) is 0 Å². The van der Waals surface area contributed by atoms with E-state index < -0.39 is 18.1 Å². The summed E-state index contributed by atoms with van der Waals surface area (Å²) in [4.78, 5) is 23.7. The van der Waals surface area contributed by atoms with E-state index in [1.807, 2.05) is 38.1 Å². The lowest BCUT2D eigenvalue weighted by Crippen LogP contribution is -2.48. The van der Waals surface area contributed by atoms with E-state index in [1.54, 1.807) is 0 Å². The molecule has 1 aromatic carbocycles. The van der Waals surface area contributed by atoms with Gasteiger partial charge < -0.3 is 15.7 Å². The quantitative estimate of drug-likeness (QED) is 0.767. The first-order chi connectivity index (χ1) is 9.99. The third-order valence-corrected chi connectivity index (χ3v) is 3.69. The van der Waals surface area contributed by atoms with Crippen LogP contribution in [0.2, 0.25) is 0 Å². The topological polar surface area (TPSA) is 78.4 Å². The minimum absolute atomic E-state index is 0.206. The summed E-state index contributed by atoms with van der Waals surface area (Å²) in [6.45, 7) is 4.60. The molecule has 1 aliphatic rings. The number of benzene rings is 1. The van der Waals surface area contributed by atoms with Crippen molar-refractivity contribution in [2.75, 3.05) is 6.54 Å². The molecule has 114 valence electrons. The number of carbonyl (C=O) groups is 2. The fourth-order valence-electron chi connectivity index (χ4n) is 2.69. The molecule has 1 amide bonds. The van der Waals surface area contributed by atoms with Crippen LogP contribution in [0, 0.1) is 5.92 Å². The first kappa shape index (κ1) is 15.5. The molecule has 0 saturated heterocycles. The van der Waals surface area contributed by atoms with Crippen molar-refractivity contribution in [2.24, 2.45) is 5.92 Å². The van der Waals surface area contributed by atoms with Gasteiger partial charge in [0.15, 0.2) is 0 Å². The van der Waals surface area contributed by atoms with Crippen molar-refractivity contribution in [3.63, 3.8) is 0 Å². The van der Waals surface area contributed by atoms with Crippen LogP contribution >= 0.6 is 0 Å². The van der Waals surface area contributed by atoms with Gasteiger partial charge in [-0.3, -0.25) is 4.79 Å². The standard InChI is InChI=1S/C16H22N2O3/c1-10(2)9-13(16(20)21)18-15(19)14-12-6-4-3-5-11(12)7-8-17-14/h3-6,10,13-14,17H,7-9H2,1-2H3,(H,18,19)(H,20,21)/t13-,14?/m0/s1. The van der Waals surface area contributed by atoms with E-state index in [9.17, 15) is 14.7 Å². The molecule has 21 heavy (non-hydrogen) atoms. The summed E-state index contributed by atoms with van der Waals surface area (Å²) in [6.07, 6.45) is 1.31. The highest BCUT2D eigenvalue weighted by Gasteiger charge is 2.29. The molecule has 1 aromatic rings. The van der Waals surface area contributed by atoms with Gasteiger partial charge in [-0.25, -0.2) is 4.79 Å². The van der Waals surface area contributed by atoms with Gasteiger partial charge in [-0.15, -0.1) is 0 Å². The largest absolute Gasteiger partial charge is 0.480 e. The Labute approximate surface area is 124 Å². The molecular weight excluding hydrogens is 268 g/mol. The van der Waals surface area contributed by atoms with Crippen LogP contribution in [0.15, 0.2) is 24.3 Å². The lowest BCUT2D eigenvalue weighted by atomic mass is 9.93. The fraction of sp³-hybridized carbons (Fsp3) is 0.500. The van der Waals surface area contributed by atoms with Gasteiger partial charge in [0.2, 0.25) is 5.91 Å². The van der Waals surface area contributed by atoms with Crippen molar-refractivity contribution in [2.45, 2.75) is 38.8 Å². The van der Waals surface area contributed by atoms with E-state index in [0.29, 0.717) is 6.42 Å². The predicted octanol–water partition coefficient (Wildman–Crippen LogP) is 1.49. The smallest absolute Gasteiger partial charge is 0.326 e. The highest BCUT2D eigenvalue weighted by atomic mass is 16.4. The Bertz CT molecular complexity index is 528. The van der Waals surface area contributed by atoms with Gasteiger partial charge >= 0.3 is 5.97 Å². The fourth-order valence-corrected chi connectivity index (χ4v) is 2.69. The highest BCUT2D eigenvalue weighted by Crippen LogP contribution is 2.23. The molecule has 3 N–H and O–H groups in total. The van der Waals surface area contributed by atoms with Crippen LogP contribution in [-0.4, -0.2) is 29.6 Å². The SMILES string of the molecule is CC(C)C[C@H](NC(=O)C1NCCc2ccccc21)C(=O)O. The summed E-state index contributed by atoms with van der Waals surface area (Å²) in [5.74, 6) is -1.05. The zero-order chi connectivity index (χ0) is 15.4. The first-order valence-electron chi connectivity index (χ1n) is 7.33. The Morgan fingerprint density at radius 3 is 2.76 bits per heavy atom. The Hall–Kier alpha value is -1.88. The number of rotatable bonds is 5.